The van der Waals surface area contributed by atoms with Crippen LogP contribution in [0, 0.1) is 20.7 Å². The fraction of sp³-hybridized carbons (Fsp3) is 0.182. The van der Waals surface area contributed by atoms with Crippen LogP contribution in [-0.2, 0) is 10.8 Å². The van der Waals surface area contributed by atoms with Crippen molar-refractivity contribution in [2.45, 2.75) is 72.9 Å². The van der Waals surface area contributed by atoms with Crippen LogP contribution >= 0.6 is 0 Å². The molecular weight excluding hydrogens is 851 g/mol. The van der Waals surface area contributed by atoms with Crippen LogP contribution in [0.5, 0.6) is 5.75 Å². The van der Waals surface area contributed by atoms with Crippen LogP contribution < -0.4 is 4.74 Å². The van der Waals surface area contributed by atoms with Gasteiger partial charge in [-0.1, -0.05) is 169 Å². The first-order chi connectivity index (χ1) is 38.6. The van der Waals surface area contributed by atoms with E-state index in [1.54, 1.807) is 37.6 Å². The molecular formula is C66H61N3O. The predicted octanol–water partition coefficient (Wildman–Crippen LogP) is 17.6. The number of pyridine rings is 1. The van der Waals surface area contributed by atoms with Gasteiger partial charge in [-0.05, 0) is 158 Å². The summed E-state index contributed by atoms with van der Waals surface area (Å²) in [5.41, 5.74) is 11.3. The van der Waals surface area contributed by atoms with Crippen LogP contribution in [0.25, 0.3) is 95.0 Å². The van der Waals surface area contributed by atoms with Gasteiger partial charge in [0.15, 0.2) is 0 Å². The summed E-state index contributed by atoms with van der Waals surface area (Å²) in [6.07, 6.45) is 1.65. The third kappa shape index (κ3) is 8.87. The van der Waals surface area contributed by atoms with Crippen LogP contribution in [0.4, 0.5) is 0 Å². The van der Waals surface area contributed by atoms with E-state index in [0.29, 0.717) is 56.2 Å². The maximum absolute atomic E-state index is 9.07. The van der Waals surface area contributed by atoms with Crippen LogP contribution in [0.3, 0.4) is 0 Å². The summed E-state index contributed by atoms with van der Waals surface area (Å²) < 4.78 is 110. The van der Waals surface area contributed by atoms with E-state index in [4.69, 9.17) is 31.2 Å². The number of nitrogens with zero attached hydrogens (tertiary/aromatic N) is 3. The smallest absolute Gasteiger partial charge is 0.149 e. The highest BCUT2D eigenvalue weighted by Crippen LogP contribution is 2.44. The molecule has 0 aliphatic carbocycles. The SMILES string of the molecule is [2H]C([2H])([2H])c1cc(-n2c(-c3cc(C)cc(C)c3OC)nc3c(-c4cc(-c5ccccc5)cc(-c5cc(-c6ccc(C(C([2H])([2H])[2H])(C([2H])([2H])[2H])C([2H])([2H])[2H])cc6)ccn5)c4)cccc32)c(-c2ccc(C(C)(C)C)cc2)cc1-c1ccccc1. The quantitative estimate of drug-likeness (QED) is 0.145. The summed E-state index contributed by atoms with van der Waals surface area (Å²) in [6.45, 7) is -2.17. The minimum Gasteiger partial charge on any atom is -0.496 e. The van der Waals surface area contributed by atoms with Crippen LogP contribution in [0.1, 0.15) is 85.6 Å². The van der Waals surface area contributed by atoms with E-state index >= 15 is 0 Å². The Morgan fingerprint density at radius 1 is 0.486 bits per heavy atom. The Balaban J connectivity index is 1.22. The number of fused-ring (bicyclic) bond motifs is 1. The number of hydrogen-bond acceptors (Lipinski definition) is 3. The van der Waals surface area contributed by atoms with E-state index in [9.17, 15) is 0 Å². The van der Waals surface area contributed by atoms with Crippen molar-refractivity contribution in [2.75, 3.05) is 7.11 Å². The fourth-order valence-electron chi connectivity index (χ4n) is 9.57. The third-order valence-electron chi connectivity index (χ3n) is 13.1. The zero-order chi connectivity index (χ0) is 58.9. The minimum atomic E-state index is -3.40. The van der Waals surface area contributed by atoms with Gasteiger partial charge in [0.1, 0.15) is 11.6 Å². The lowest BCUT2D eigenvalue weighted by Crippen LogP contribution is -2.10. The molecule has 0 radical (unpaired) electrons. The Morgan fingerprint density at radius 2 is 1.11 bits per heavy atom. The van der Waals surface area contributed by atoms with Crippen molar-refractivity contribution in [1.29, 1.82) is 0 Å². The largest absolute Gasteiger partial charge is 0.496 e. The van der Waals surface area contributed by atoms with Gasteiger partial charge in [-0.2, -0.15) is 0 Å². The van der Waals surface area contributed by atoms with Crippen molar-refractivity contribution < 1.29 is 21.2 Å². The highest BCUT2D eigenvalue weighted by atomic mass is 16.5. The molecule has 0 bridgehead atoms. The second-order valence-corrected chi connectivity index (χ2v) is 19.1. The molecule has 0 fully saturated rings. The number of methoxy groups -OCH3 is 1. The number of rotatable bonds is 9. The molecule has 0 N–H and O–H groups in total. The number of aryl methyl sites for hydroxylation is 3. The highest BCUT2D eigenvalue weighted by molar-refractivity contribution is 5.99. The minimum absolute atomic E-state index is 0.123. The van der Waals surface area contributed by atoms with Gasteiger partial charge in [-0.15, -0.1) is 0 Å². The van der Waals surface area contributed by atoms with Gasteiger partial charge in [0.2, 0.25) is 0 Å². The lowest BCUT2D eigenvalue weighted by molar-refractivity contribution is 0.413. The van der Waals surface area contributed by atoms with Crippen LogP contribution in [0.2, 0.25) is 0 Å². The van der Waals surface area contributed by atoms with Crippen molar-refractivity contribution in [1.82, 2.24) is 14.5 Å². The molecule has 0 aliphatic heterocycles. The summed E-state index contributed by atoms with van der Waals surface area (Å²) >= 11 is 0. The van der Waals surface area contributed by atoms with Crippen molar-refractivity contribution >= 4 is 11.0 Å². The van der Waals surface area contributed by atoms with Gasteiger partial charge in [-0.25, -0.2) is 4.98 Å². The van der Waals surface area contributed by atoms with Crippen molar-refractivity contribution in [3.05, 3.63) is 216 Å². The molecule has 0 spiro atoms. The highest BCUT2D eigenvalue weighted by Gasteiger charge is 2.25. The molecule has 8 aromatic carbocycles. The van der Waals surface area contributed by atoms with Gasteiger partial charge >= 0.3 is 0 Å². The van der Waals surface area contributed by atoms with Crippen molar-refractivity contribution in [3.8, 4) is 89.7 Å². The summed E-state index contributed by atoms with van der Waals surface area (Å²) in [6, 6.07) is 57.5. The Hall–Kier alpha value is -7.82. The molecule has 0 saturated heterocycles. The predicted molar refractivity (Wildman–Crippen MR) is 295 cm³/mol. The number of para-hydroxylation sites is 1. The van der Waals surface area contributed by atoms with Gasteiger partial charge in [0, 0.05) is 39.3 Å². The van der Waals surface area contributed by atoms with Gasteiger partial charge in [0.05, 0.1) is 35.1 Å². The molecule has 346 valence electrons. The summed E-state index contributed by atoms with van der Waals surface area (Å²) in [5.74, 6) is 1.16. The topological polar surface area (TPSA) is 39.9 Å². The average molecular weight is 924 g/mol. The van der Waals surface area contributed by atoms with E-state index in [2.05, 4.69) is 73.9 Å². The van der Waals surface area contributed by atoms with Crippen LogP contribution in [0.15, 0.2) is 188 Å². The average Bonchev–Trinajstić information content (AvgIpc) is 2.01. The zero-order valence-electron chi connectivity index (χ0n) is 52.1. The Bertz CT molecular complexity index is 3970. The zero-order valence-corrected chi connectivity index (χ0v) is 40.1. The van der Waals surface area contributed by atoms with Crippen molar-refractivity contribution in [3.63, 3.8) is 0 Å². The molecule has 0 saturated carbocycles. The van der Waals surface area contributed by atoms with E-state index in [1.807, 2.05) is 111 Å². The second kappa shape index (κ2) is 18.3. The molecule has 4 heteroatoms. The number of hydrogen-bond donors (Lipinski definition) is 0. The van der Waals surface area contributed by atoms with E-state index in [0.717, 1.165) is 61.2 Å². The lowest BCUT2D eigenvalue weighted by atomic mass is 9.85. The Morgan fingerprint density at radius 3 is 1.79 bits per heavy atom. The number of aromatic nitrogens is 3. The molecule has 2 heterocycles. The summed E-state index contributed by atoms with van der Waals surface area (Å²) in [5, 5.41) is 0. The first kappa shape index (κ1) is 33.6. The Kier molecular flexibility index (Phi) is 8.77. The first-order valence-corrected chi connectivity index (χ1v) is 23.4. The molecule has 10 aromatic rings. The fourth-order valence-corrected chi connectivity index (χ4v) is 9.57. The third-order valence-corrected chi connectivity index (χ3v) is 13.1. The summed E-state index contributed by atoms with van der Waals surface area (Å²) in [7, 11) is 1.64. The van der Waals surface area contributed by atoms with Crippen molar-refractivity contribution in [2.24, 2.45) is 0 Å². The second-order valence-electron chi connectivity index (χ2n) is 19.1. The molecule has 0 unspecified atom stereocenters. The van der Waals surface area contributed by atoms with E-state index in [1.165, 1.54) is 12.1 Å². The number of imidazole rings is 1. The molecule has 0 aliphatic rings. The first-order valence-electron chi connectivity index (χ1n) is 29.4. The standard InChI is InChI=1S/C66H61N3O/c1-42-34-44(3)63(70-10)58(35-42)64-68-62-55(51-37-50(45-18-13-11-14-19-45)38-52(39-51)59-40-49(32-33-67-59)46-24-28-53(29-25-46)65(4,5)6)22-17-23-60(62)69(64)61-36-43(2)56(47-20-15-12-16-21-47)41-57(61)48-26-30-54(31-27-48)66(7,8)9/h11-41H,1-10H3/i2D3,4D3,5D3,6D3. The van der Waals surface area contributed by atoms with Gasteiger partial charge < -0.3 is 4.74 Å². The monoisotopic (exact) mass is 924 g/mol. The van der Waals surface area contributed by atoms with Crippen LogP contribution in [-0.4, -0.2) is 21.6 Å². The molecule has 10 rings (SSSR count). The van der Waals surface area contributed by atoms with Gasteiger partial charge in [0.25, 0.3) is 0 Å². The maximum atomic E-state index is 9.07. The maximum Gasteiger partial charge on any atom is 0.149 e. The Labute approximate surface area is 431 Å². The number of ether oxygens (including phenoxy) is 1. The summed E-state index contributed by atoms with van der Waals surface area (Å²) in [4.78, 5) is 10.5. The van der Waals surface area contributed by atoms with Gasteiger partial charge in [-0.3, -0.25) is 9.55 Å². The molecule has 4 nitrogen and oxygen atoms in total. The lowest BCUT2D eigenvalue weighted by Gasteiger charge is -2.22. The molecule has 2 aromatic heterocycles. The number of benzene rings is 8. The molecule has 0 atom stereocenters. The van der Waals surface area contributed by atoms with E-state index in [-0.39, 0.29) is 16.5 Å². The molecule has 0 amide bonds. The van der Waals surface area contributed by atoms with E-state index < -0.39 is 32.8 Å². The molecule has 70 heavy (non-hydrogen) atoms. The normalized spacial score (nSPS) is 15.1.